The van der Waals surface area contributed by atoms with Crippen molar-refractivity contribution in [3.63, 3.8) is 0 Å². The van der Waals surface area contributed by atoms with E-state index < -0.39 is 0 Å². The van der Waals surface area contributed by atoms with Gasteiger partial charge in [-0.25, -0.2) is 9.37 Å². The average Bonchev–Trinajstić information content (AvgIpc) is 3.35. The second kappa shape index (κ2) is 7.49. The topological polar surface area (TPSA) is 50.1 Å². The van der Waals surface area contributed by atoms with E-state index in [0.717, 1.165) is 32.0 Å². The van der Waals surface area contributed by atoms with Gasteiger partial charge in [0.15, 0.2) is 10.9 Å². The van der Waals surface area contributed by atoms with Crippen molar-refractivity contribution in [3.05, 3.63) is 36.4 Å². The van der Waals surface area contributed by atoms with Gasteiger partial charge in [-0.15, -0.1) is 0 Å². The summed E-state index contributed by atoms with van der Waals surface area (Å²) in [6, 6.07) is 7.41. The molecule has 32 heavy (non-hydrogen) atoms. The van der Waals surface area contributed by atoms with Gasteiger partial charge < -0.3 is 9.80 Å². The molecular weight excluding hydrogens is 423 g/mol. The minimum absolute atomic E-state index is 0.322. The van der Waals surface area contributed by atoms with E-state index in [1.807, 2.05) is 24.5 Å². The van der Waals surface area contributed by atoms with Crippen molar-refractivity contribution in [2.75, 3.05) is 19.0 Å². The fourth-order valence-electron chi connectivity index (χ4n) is 5.55. The molecule has 2 fully saturated rings. The minimum atomic E-state index is -0.322. The first-order chi connectivity index (χ1) is 15.5. The van der Waals surface area contributed by atoms with Crippen molar-refractivity contribution in [1.82, 2.24) is 24.6 Å². The Morgan fingerprint density at radius 1 is 1.12 bits per heavy atom. The Labute approximate surface area is 190 Å². The zero-order valence-electron chi connectivity index (χ0n) is 18.6. The van der Waals surface area contributed by atoms with Crippen LogP contribution in [0.3, 0.4) is 0 Å². The molecule has 0 aliphatic carbocycles. The van der Waals surface area contributed by atoms with Crippen molar-refractivity contribution in [1.29, 1.82) is 0 Å². The average molecular weight is 451 g/mol. The molecule has 0 N–H and O–H groups in total. The summed E-state index contributed by atoms with van der Waals surface area (Å²) < 4.78 is 17.3. The highest BCUT2D eigenvalue weighted by Crippen LogP contribution is 2.38. The second-order valence-corrected chi connectivity index (χ2v) is 10.4. The lowest BCUT2D eigenvalue weighted by Gasteiger charge is -2.49. The smallest absolute Gasteiger partial charge is 0.186 e. The number of hydrogen-bond donors (Lipinski definition) is 0. The van der Waals surface area contributed by atoms with Crippen LogP contribution in [0.1, 0.15) is 32.1 Å². The number of pyridine rings is 1. The molecular formula is C24H27FN6S. The van der Waals surface area contributed by atoms with Crippen molar-refractivity contribution < 1.29 is 4.39 Å². The number of nitrogens with zero attached hydrogens (tertiary/aromatic N) is 6. The van der Waals surface area contributed by atoms with Gasteiger partial charge in [-0.3, -0.25) is 9.67 Å². The van der Waals surface area contributed by atoms with E-state index in [1.165, 1.54) is 38.2 Å². The van der Waals surface area contributed by atoms with Crippen LogP contribution >= 0.6 is 11.3 Å². The van der Waals surface area contributed by atoms with E-state index >= 15 is 0 Å². The molecule has 2 unspecified atom stereocenters. The third-order valence-corrected chi connectivity index (χ3v) is 8.51. The number of anilines is 1. The quantitative estimate of drug-likeness (QED) is 0.447. The Morgan fingerprint density at radius 2 is 1.91 bits per heavy atom. The largest absolute Gasteiger partial charge is 0.348 e. The van der Waals surface area contributed by atoms with E-state index in [2.05, 4.69) is 34.0 Å². The molecule has 8 heteroatoms. The van der Waals surface area contributed by atoms with Crippen molar-refractivity contribution in [3.8, 4) is 11.3 Å². The molecule has 2 saturated heterocycles. The summed E-state index contributed by atoms with van der Waals surface area (Å²) in [6.07, 6.45) is 10.0. The normalized spacial score (nSPS) is 23.8. The minimum Gasteiger partial charge on any atom is -0.348 e. The highest BCUT2D eigenvalue weighted by atomic mass is 32.1. The fourth-order valence-corrected chi connectivity index (χ4v) is 6.56. The zero-order chi connectivity index (χ0) is 22.0. The molecule has 1 aromatic carbocycles. The van der Waals surface area contributed by atoms with Gasteiger partial charge in [0.1, 0.15) is 11.0 Å². The number of hydrogen-bond acceptors (Lipinski definition) is 6. The summed E-state index contributed by atoms with van der Waals surface area (Å²) in [5.74, 6) is -0.322. The van der Waals surface area contributed by atoms with Gasteiger partial charge in [-0.1, -0.05) is 17.8 Å². The highest BCUT2D eigenvalue weighted by molar-refractivity contribution is 7.22. The Hall–Kier alpha value is -2.58. The van der Waals surface area contributed by atoms with Gasteiger partial charge in [-0.05, 0) is 50.9 Å². The molecule has 0 radical (unpaired) electrons. The molecule has 3 aromatic heterocycles. The Bertz CT molecular complexity index is 1300. The van der Waals surface area contributed by atoms with E-state index in [-0.39, 0.29) is 5.82 Å². The molecule has 3 atom stereocenters. The number of halogens is 1. The van der Waals surface area contributed by atoms with E-state index in [4.69, 9.17) is 4.98 Å². The maximum absolute atomic E-state index is 14.6. The third kappa shape index (κ3) is 3.28. The van der Waals surface area contributed by atoms with Crippen LogP contribution < -0.4 is 4.90 Å². The van der Waals surface area contributed by atoms with Crippen LogP contribution in [0, 0.1) is 5.82 Å². The summed E-state index contributed by atoms with van der Waals surface area (Å²) in [6.45, 7) is 0. The van der Waals surface area contributed by atoms with Gasteiger partial charge in [0, 0.05) is 49.4 Å². The van der Waals surface area contributed by atoms with Crippen LogP contribution in [0.25, 0.3) is 32.4 Å². The van der Waals surface area contributed by atoms with Gasteiger partial charge in [0.2, 0.25) is 0 Å². The van der Waals surface area contributed by atoms with E-state index in [9.17, 15) is 4.39 Å². The molecule has 6 rings (SSSR count). The van der Waals surface area contributed by atoms with Gasteiger partial charge >= 0.3 is 0 Å². The molecule has 4 aromatic rings. The molecule has 0 spiro atoms. The van der Waals surface area contributed by atoms with Gasteiger partial charge in [0.05, 0.1) is 16.6 Å². The third-order valence-electron chi connectivity index (χ3n) is 7.40. The Morgan fingerprint density at radius 3 is 2.69 bits per heavy atom. The first-order valence-corrected chi connectivity index (χ1v) is 12.1. The fraction of sp³-hybridized carbons (Fsp3) is 0.458. The van der Waals surface area contributed by atoms with Crippen molar-refractivity contribution >= 4 is 37.6 Å². The number of benzene rings is 1. The molecule has 2 aliphatic rings. The number of fused-ring (bicyclic) bond motifs is 4. The SMILES string of the molecule is CN(c1nc2cnc(-c3cc(F)c4nn(C)cc4c3)cc2s1)C1CC2CCC[C@H](C1)N2C. The maximum atomic E-state index is 14.6. The van der Waals surface area contributed by atoms with Crippen LogP contribution in [-0.4, -0.2) is 56.9 Å². The number of rotatable bonds is 3. The lowest BCUT2D eigenvalue weighted by molar-refractivity contribution is 0.0559. The lowest BCUT2D eigenvalue weighted by Crippen LogP contribution is -2.54. The number of aromatic nitrogens is 4. The molecule has 2 bridgehead atoms. The predicted molar refractivity (Wildman–Crippen MR) is 128 cm³/mol. The summed E-state index contributed by atoms with van der Waals surface area (Å²) in [4.78, 5) is 14.5. The lowest BCUT2D eigenvalue weighted by atomic mass is 9.82. The molecule has 0 saturated carbocycles. The van der Waals surface area contributed by atoms with E-state index in [0.29, 0.717) is 23.6 Å². The Balaban J connectivity index is 1.31. The molecule has 5 heterocycles. The van der Waals surface area contributed by atoms with Crippen molar-refractivity contribution in [2.24, 2.45) is 7.05 Å². The first kappa shape index (κ1) is 20.1. The second-order valence-electron chi connectivity index (χ2n) is 9.37. The highest BCUT2D eigenvalue weighted by Gasteiger charge is 2.38. The maximum Gasteiger partial charge on any atom is 0.186 e. The predicted octanol–water partition coefficient (Wildman–Crippen LogP) is 4.84. The van der Waals surface area contributed by atoms with Gasteiger partial charge in [-0.2, -0.15) is 5.10 Å². The van der Waals surface area contributed by atoms with Crippen LogP contribution in [0.5, 0.6) is 0 Å². The van der Waals surface area contributed by atoms with Crippen LogP contribution in [0.2, 0.25) is 0 Å². The van der Waals surface area contributed by atoms with Crippen LogP contribution in [-0.2, 0) is 7.05 Å². The first-order valence-electron chi connectivity index (χ1n) is 11.3. The summed E-state index contributed by atoms with van der Waals surface area (Å²) >= 11 is 1.70. The summed E-state index contributed by atoms with van der Waals surface area (Å²) in [5, 5.41) is 6.02. The van der Waals surface area contributed by atoms with Crippen molar-refractivity contribution in [2.45, 2.75) is 50.2 Å². The monoisotopic (exact) mass is 450 g/mol. The zero-order valence-corrected chi connectivity index (χ0v) is 19.4. The number of thiazole rings is 1. The molecule has 2 aliphatic heterocycles. The standard InChI is InChI=1S/C24H27FN6S/c1-29-13-15-7-14(8-19(25)23(15)28-29)20-11-22-21(12-26-20)27-24(32-22)31(3)18-9-16-5-4-6-17(10-18)30(16)2/h7-8,11-13,16-18H,4-6,9-10H2,1-3H3/t16-,17?,18?/m1/s1. The molecule has 166 valence electrons. The molecule has 6 nitrogen and oxygen atoms in total. The van der Waals surface area contributed by atoms with E-state index in [1.54, 1.807) is 23.1 Å². The van der Waals surface area contributed by atoms with Gasteiger partial charge in [0.25, 0.3) is 0 Å². The number of piperidine rings is 2. The number of aryl methyl sites for hydroxylation is 1. The summed E-state index contributed by atoms with van der Waals surface area (Å²) in [7, 11) is 6.28. The summed E-state index contributed by atoms with van der Waals surface area (Å²) in [5.41, 5.74) is 2.81. The molecule has 0 amide bonds. The Kier molecular flexibility index (Phi) is 4.69. The van der Waals surface area contributed by atoms with Crippen LogP contribution in [0.15, 0.2) is 30.6 Å². The van der Waals surface area contributed by atoms with Crippen LogP contribution in [0.4, 0.5) is 9.52 Å².